The molecule has 5 aliphatic heterocycles. The smallest absolute Gasteiger partial charge is 0.248 e. The third-order valence-corrected chi connectivity index (χ3v) is 19.5. The first-order valence-corrected chi connectivity index (χ1v) is 38.2. The van der Waals surface area contributed by atoms with E-state index in [0.717, 1.165) is 99.4 Å². The molecule has 0 radical (unpaired) electrons. The average molecular weight is 1510 g/mol. The van der Waals surface area contributed by atoms with Gasteiger partial charge in [-0.15, -0.1) is 0 Å². The number of hydrogen-bond acceptors (Lipinski definition) is 16. The lowest BCUT2D eigenvalue weighted by atomic mass is 9.87. The van der Waals surface area contributed by atoms with Crippen molar-refractivity contribution in [1.29, 1.82) is 0 Å². The van der Waals surface area contributed by atoms with Gasteiger partial charge in [0.05, 0.1) is 120 Å². The van der Waals surface area contributed by atoms with Crippen LogP contribution >= 0.6 is 0 Å². The molecule has 5 aliphatic rings. The highest BCUT2D eigenvalue weighted by molar-refractivity contribution is 5.80. The van der Waals surface area contributed by atoms with E-state index in [1.165, 1.54) is 46.8 Å². The van der Waals surface area contributed by atoms with Gasteiger partial charge in [-0.05, 0) is 152 Å². The van der Waals surface area contributed by atoms with Gasteiger partial charge in [-0.1, -0.05) is 173 Å². The Balaban J connectivity index is 0.000000195. The van der Waals surface area contributed by atoms with Gasteiger partial charge in [0.15, 0.2) is 6.10 Å². The van der Waals surface area contributed by atoms with E-state index in [4.69, 9.17) is 49.9 Å². The summed E-state index contributed by atoms with van der Waals surface area (Å²) in [6, 6.07) is 40.3. The lowest BCUT2D eigenvalue weighted by molar-refractivity contribution is -0.130. The summed E-state index contributed by atoms with van der Waals surface area (Å²) in [6.07, 6.45) is 5.51. The number of nitrogens with zero attached hydrogens (tertiary/aromatic N) is 7. The molecule has 3 atom stereocenters. The van der Waals surface area contributed by atoms with Crippen molar-refractivity contribution in [3.63, 3.8) is 0 Å². The molecular formula is C90H133FN8O10. The van der Waals surface area contributed by atoms with E-state index in [-0.39, 0.29) is 55.8 Å². The fourth-order valence-corrected chi connectivity index (χ4v) is 12.4. The minimum atomic E-state index is -3.10. The van der Waals surface area contributed by atoms with Crippen LogP contribution in [0.25, 0.3) is 5.69 Å². The van der Waals surface area contributed by atoms with Gasteiger partial charge in [0.25, 0.3) is 0 Å². The number of aromatic nitrogens is 2. The molecule has 1 aromatic heterocycles. The fourth-order valence-electron chi connectivity index (χ4n) is 12.4. The molecule has 18 nitrogen and oxygen atoms in total. The monoisotopic (exact) mass is 1510 g/mol. The molecule has 600 valence electrons. The molecule has 1 amide bonds. The second-order valence-corrected chi connectivity index (χ2v) is 34.1. The second kappa shape index (κ2) is 39.8. The number of hydrogen-bond donors (Lipinski definition) is 2. The molecule has 3 unspecified atom stereocenters. The van der Waals surface area contributed by atoms with Crippen LogP contribution in [-0.4, -0.2) is 178 Å². The Hall–Kier alpha value is -7.91. The number of ether oxygens (including phenoxy) is 8. The van der Waals surface area contributed by atoms with Gasteiger partial charge in [0, 0.05) is 89.2 Å². The van der Waals surface area contributed by atoms with Crippen molar-refractivity contribution in [2.45, 2.75) is 189 Å². The summed E-state index contributed by atoms with van der Waals surface area (Å²) >= 11 is 0. The zero-order valence-electron chi connectivity index (χ0n) is 77.3. The first-order chi connectivity index (χ1) is 54.3. The van der Waals surface area contributed by atoms with E-state index in [0.29, 0.717) is 43.6 Å². The maximum absolute atomic E-state index is 14.1. The number of benzene rings is 6. The van der Waals surface area contributed by atoms with Crippen LogP contribution in [0.1, 0.15) is 182 Å². The summed E-state index contributed by atoms with van der Waals surface area (Å²) in [5, 5.41) is 9.64. The fraction of sp³-hybridized carbons (Fsp3) is 0.556. The Morgan fingerprint density at radius 2 is 0.853 bits per heavy atom. The summed E-state index contributed by atoms with van der Waals surface area (Å²) in [5.41, 5.74) is 17.8. The third kappa shape index (κ3) is 26.7. The summed E-state index contributed by atoms with van der Waals surface area (Å²) in [7, 11) is 4.78. The normalized spacial score (nSPS) is 20.6. The van der Waals surface area contributed by atoms with Gasteiger partial charge in [-0.3, -0.25) is 4.79 Å². The van der Waals surface area contributed by atoms with Gasteiger partial charge >= 0.3 is 0 Å². The van der Waals surface area contributed by atoms with Crippen LogP contribution in [0.15, 0.2) is 140 Å². The molecule has 109 heavy (non-hydrogen) atoms. The lowest BCUT2D eigenvalue weighted by Crippen LogP contribution is -2.48. The standard InChI is InChI=1S/2C16H25NO2.C15H22N2O2.C15H23NO2.C14H20FNO.C14H18N2O/c1-16(2,3)13-6-7-14(15(12-13)18-4)17-8-5-10-19-11-9-17;1-12(18)15-11-17(9-10-19-15)14-7-5-13(6-8-14)16(2,3)4;1-15(2,3)11-4-6-12(7-5-11)17-8-9-19-13(10-17)14(16)18;1-15(2,3)12-5-6-13(14(11-12)17-4)16-7-9-18-10-8-16;1-14(2,3)11-4-5-13(12(15)10-11)16-6-8-17-9-7-16;1-14(2,3)11-5-6-12(13(9-11)17-4)16-8-7-15-10-16/h6-7,12H,5,8-11H2,1-4H3;5-8,12,15,18H,9-11H2,1-4H3;4-7,13H,8-10H2,1-3H3,(H2,16,18);5-6,11H,7-10H2,1-4H3;4-5,10H,6-9H2,1-3H3;5-10H,1-4H3/i;;;7D2,8D2,9D2,10D2;;. The number of anilines is 5. The van der Waals surface area contributed by atoms with Crippen LogP contribution in [0.3, 0.4) is 0 Å². The Kier molecular flexibility index (Phi) is 27.9. The van der Waals surface area contributed by atoms with Crippen molar-refractivity contribution < 1.29 is 63.2 Å². The van der Waals surface area contributed by atoms with E-state index < -0.39 is 44.2 Å². The van der Waals surface area contributed by atoms with Gasteiger partial charge in [-0.25, -0.2) is 9.37 Å². The Morgan fingerprint density at radius 1 is 0.477 bits per heavy atom. The average Bonchev–Trinajstić information content (AvgIpc) is 0.749. The minimum absolute atomic E-state index is 0.00954. The number of primary amides is 1. The Bertz CT molecular complexity index is 4250. The quantitative estimate of drug-likeness (QED) is 0.125. The van der Waals surface area contributed by atoms with Crippen LogP contribution in [0, 0.1) is 5.82 Å². The predicted molar refractivity (Wildman–Crippen MR) is 446 cm³/mol. The summed E-state index contributed by atoms with van der Waals surface area (Å²) in [6.45, 7) is 39.0. The molecule has 0 bridgehead atoms. The van der Waals surface area contributed by atoms with E-state index >= 15 is 0 Å². The molecule has 0 saturated carbocycles. The number of rotatable bonds is 11. The minimum Gasteiger partial charge on any atom is -0.495 e. The molecule has 0 aliphatic carbocycles. The molecule has 3 N–H and O–H groups in total. The molecule has 12 rings (SSSR count). The molecule has 5 saturated heterocycles. The zero-order valence-corrected chi connectivity index (χ0v) is 69.3. The van der Waals surface area contributed by atoms with E-state index in [1.54, 1.807) is 51.9 Å². The first-order valence-electron chi connectivity index (χ1n) is 42.2. The topological polar surface area (TPSA) is 171 Å². The van der Waals surface area contributed by atoms with Crippen LogP contribution in [0.5, 0.6) is 17.2 Å². The molecule has 7 aromatic rings. The number of morpholine rings is 4. The number of nitrogens with two attached hydrogens (primary N) is 1. The number of halogens is 1. The number of imidazole rings is 1. The van der Waals surface area contributed by atoms with Crippen molar-refractivity contribution in [3.8, 4) is 22.9 Å². The molecule has 5 fully saturated rings. The van der Waals surface area contributed by atoms with Crippen LogP contribution in [-0.2, 0) is 61.0 Å². The van der Waals surface area contributed by atoms with Gasteiger partial charge in [0.1, 0.15) is 29.2 Å². The van der Waals surface area contributed by atoms with Gasteiger partial charge < -0.3 is 77.8 Å². The largest absolute Gasteiger partial charge is 0.495 e. The summed E-state index contributed by atoms with van der Waals surface area (Å²) in [5.74, 6) is 1.43. The SMILES string of the molecule is CC(C)(C)c1ccc(N2CCOC(C(N)=O)C2)cc1.CC(C)(C)c1ccc(N2CCOCC2)c(F)c1.CC(O)C1CN(c2ccc(C(C)(C)C)cc2)CCO1.COc1cc(C(C)(C)C)ccc1-n1ccnc1.COc1cc(C(C)(C)C)ccc1N1CCCOCC1.[2H]C1([2H])OC([2H])([2H])C([2H])([2H])N(c2ccc(C(C)(C)C)cc2OC)C1([2H])[2H]. The highest BCUT2D eigenvalue weighted by atomic mass is 19.1. The van der Waals surface area contributed by atoms with Crippen LogP contribution < -0.4 is 44.4 Å². The van der Waals surface area contributed by atoms with Crippen LogP contribution in [0.2, 0.25) is 0 Å². The third-order valence-electron chi connectivity index (χ3n) is 19.5. The molecule has 6 heterocycles. The van der Waals surface area contributed by atoms with E-state index in [2.05, 4.69) is 213 Å². The van der Waals surface area contributed by atoms with Crippen molar-refractivity contribution in [1.82, 2.24) is 9.55 Å². The van der Waals surface area contributed by atoms with Crippen molar-refractivity contribution in [3.05, 3.63) is 179 Å². The predicted octanol–water partition coefficient (Wildman–Crippen LogP) is 16.4. The Morgan fingerprint density at radius 3 is 1.27 bits per heavy atom. The maximum Gasteiger partial charge on any atom is 0.248 e. The zero-order chi connectivity index (χ0) is 87.2. The maximum atomic E-state index is 14.1. The van der Waals surface area contributed by atoms with Crippen molar-refractivity contribution in [2.75, 3.05) is 164 Å². The molecular weight excluding hydrogens is 1370 g/mol. The Labute approximate surface area is 664 Å². The lowest BCUT2D eigenvalue weighted by Gasteiger charge is -2.36. The second-order valence-electron chi connectivity index (χ2n) is 34.1. The number of aliphatic hydroxyl groups excluding tert-OH is 1. The van der Waals surface area contributed by atoms with E-state index in [1.807, 2.05) is 48.6 Å². The number of aliphatic hydroxyl groups is 1. The van der Waals surface area contributed by atoms with Crippen molar-refractivity contribution >= 4 is 34.3 Å². The molecule has 19 heteroatoms. The van der Waals surface area contributed by atoms with Crippen molar-refractivity contribution in [2.24, 2.45) is 5.73 Å². The number of methoxy groups -OCH3 is 3. The first kappa shape index (κ1) is 76.5. The van der Waals surface area contributed by atoms with Gasteiger partial charge in [0.2, 0.25) is 5.91 Å². The highest BCUT2D eigenvalue weighted by Crippen LogP contribution is 2.38. The van der Waals surface area contributed by atoms with Crippen LogP contribution in [0.4, 0.5) is 32.8 Å². The number of carbonyl (C=O) groups is 1. The number of carbonyl (C=O) groups excluding carboxylic acids is 1. The summed E-state index contributed by atoms with van der Waals surface area (Å²) < 4.78 is 122. The summed E-state index contributed by atoms with van der Waals surface area (Å²) in [4.78, 5) is 24.5. The number of amides is 1. The highest BCUT2D eigenvalue weighted by Gasteiger charge is 2.29. The van der Waals surface area contributed by atoms with E-state index in [9.17, 15) is 14.3 Å². The van der Waals surface area contributed by atoms with Gasteiger partial charge in [-0.2, -0.15) is 0 Å². The molecule has 6 aromatic carbocycles. The molecule has 0 spiro atoms.